The second-order valence-electron chi connectivity index (χ2n) is 4.04. The highest BCUT2D eigenvalue weighted by molar-refractivity contribution is 5.67. The van der Waals surface area contributed by atoms with Crippen LogP contribution in [0.1, 0.15) is 20.3 Å². The summed E-state index contributed by atoms with van der Waals surface area (Å²) >= 11 is 0. The predicted octanol–water partition coefficient (Wildman–Crippen LogP) is 1.21. The lowest BCUT2D eigenvalue weighted by Gasteiger charge is -2.22. The van der Waals surface area contributed by atoms with Crippen LogP contribution in [-0.4, -0.2) is 40.7 Å². The van der Waals surface area contributed by atoms with E-state index in [0.717, 1.165) is 5.82 Å². The summed E-state index contributed by atoms with van der Waals surface area (Å²) in [4.78, 5) is 20.6. The van der Waals surface area contributed by atoms with Crippen molar-refractivity contribution >= 4 is 17.6 Å². The fourth-order valence-corrected chi connectivity index (χ4v) is 1.20. The summed E-state index contributed by atoms with van der Waals surface area (Å²) in [6.45, 7) is 4.50. The van der Waals surface area contributed by atoms with Gasteiger partial charge in [-0.3, -0.25) is 4.79 Å². The van der Waals surface area contributed by atoms with E-state index in [4.69, 9.17) is 5.11 Å². The van der Waals surface area contributed by atoms with Gasteiger partial charge in [0.1, 0.15) is 18.0 Å². The first-order chi connectivity index (χ1) is 8.00. The summed E-state index contributed by atoms with van der Waals surface area (Å²) in [7, 11) is 1.95. The largest absolute Gasteiger partial charge is 0.481 e. The van der Waals surface area contributed by atoms with Crippen LogP contribution >= 0.6 is 0 Å². The third-order valence-electron chi connectivity index (χ3n) is 2.43. The SMILES string of the molecule is CC(C)N(C)c1cc(NCCC(=O)O)ncn1. The fourth-order valence-electron chi connectivity index (χ4n) is 1.20. The van der Waals surface area contributed by atoms with Crippen LogP contribution in [0, 0.1) is 0 Å². The molecule has 17 heavy (non-hydrogen) atoms. The fraction of sp³-hybridized carbons (Fsp3) is 0.545. The van der Waals surface area contributed by atoms with Crippen molar-refractivity contribution in [2.75, 3.05) is 23.8 Å². The van der Waals surface area contributed by atoms with Crippen molar-refractivity contribution in [3.05, 3.63) is 12.4 Å². The Labute approximate surface area is 101 Å². The van der Waals surface area contributed by atoms with Gasteiger partial charge in [0.25, 0.3) is 0 Å². The highest BCUT2D eigenvalue weighted by Gasteiger charge is 2.07. The van der Waals surface area contributed by atoms with E-state index in [9.17, 15) is 4.79 Å². The molecule has 0 aliphatic carbocycles. The Morgan fingerprint density at radius 1 is 1.53 bits per heavy atom. The normalized spacial score (nSPS) is 10.4. The maximum absolute atomic E-state index is 10.4. The van der Waals surface area contributed by atoms with Crippen molar-refractivity contribution in [3.8, 4) is 0 Å². The summed E-state index contributed by atoms with van der Waals surface area (Å²) in [5.74, 6) is 0.627. The number of hydrogen-bond donors (Lipinski definition) is 2. The summed E-state index contributed by atoms with van der Waals surface area (Å²) in [5, 5.41) is 11.5. The number of aromatic nitrogens is 2. The molecule has 1 aromatic heterocycles. The molecular formula is C11H18N4O2. The van der Waals surface area contributed by atoms with Crippen LogP contribution in [0.25, 0.3) is 0 Å². The van der Waals surface area contributed by atoms with Crippen LogP contribution in [0.3, 0.4) is 0 Å². The third-order valence-corrected chi connectivity index (χ3v) is 2.43. The molecule has 0 atom stereocenters. The molecule has 0 aromatic carbocycles. The first-order valence-electron chi connectivity index (χ1n) is 5.51. The Kier molecular flexibility index (Phi) is 4.68. The third kappa shape index (κ3) is 4.26. The van der Waals surface area contributed by atoms with Crippen LogP contribution < -0.4 is 10.2 Å². The number of nitrogens with one attached hydrogen (secondary N) is 1. The number of rotatable bonds is 6. The van der Waals surface area contributed by atoms with Crippen molar-refractivity contribution in [1.82, 2.24) is 9.97 Å². The first-order valence-corrected chi connectivity index (χ1v) is 5.51. The standard InChI is InChI=1S/C11H18N4O2/c1-8(2)15(3)10-6-9(13-7-14-10)12-5-4-11(16)17/h6-8H,4-5H2,1-3H3,(H,16,17)(H,12,13,14). The smallest absolute Gasteiger partial charge is 0.305 e. The molecule has 6 heteroatoms. The molecule has 0 saturated carbocycles. The van der Waals surface area contributed by atoms with Crippen molar-refractivity contribution in [3.63, 3.8) is 0 Å². The molecule has 0 spiro atoms. The van der Waals surface area contributed by atoms with Crippen molar-refractivity contribution in [2.24, 2.45) is 0 Å². The predicted molar refractivity (Wildman–Crippen MR) is 66.3 cm³/mol. The highest BCUT2D eigenvalue weighted by atomic mass is 16.4. The van der Waals surface area contributed by atoms with Crippen LogP contribution in [-0.2, 0) is 4.79 Å². The first kappa shape index (κ1) is 13.2. The Hall–Kier alpha value is -1.85. The zero-order valence-corrected chi connectivity index (χ0v) is 10.3. The number of nitrogens with zero attached hydrogens (tertiary/aromatic N) is 3. The minimum absolute atomic E-state index is 0.0688. The maximum atomic E-state index is 10.4. The number of carbonyl (C=O) groups is 1. The highest BCUT2D eigenvalue weighted by Crippen LogP contribution is 2.14. The summed E-state index contributed by atoms with van der Waals surface area (Å²) < 4.78 is 0. The topological polar surface area (TPSA) is 78.4 Å². The average Bonchev–Trinajstić information content (AvgIpc) is 2.28. The molecule has 1 rings (SSSR count). The van der Waals surface area contributed by atoms with Gasteiger partial charge in [-0.15, -0.1) is 0 Å². The maximum Gasteiger partial charge on any atom is 0.305 e. The Balaban J connectivity index is 2.62. The van der Waals surface area contributed by atoms with Gasteiger partial charge in [-0.2, -0.15) is 0 Å². The molecule has 0 fully saturated rings. The van der Waals surface area contributed by atoms with Gasteiger partial charge in [0.2, 0.25) is 0 Å². The summed E-state index contributed by atoms with van der Waals surface area (Å²) in [5.41, 5.74) is 0. The molecule has 1 aromatic rings. The number of carboxylic acid groups (broad SMARTS) is 1. The molecule has 0 bridgehead atoms. The molecule has 0 aliphatic heterocycles. The summed E-state index contributed by atoms with van der Waals surface area (Å²) in [6, 6.07) is 2.15. The van der Waals surface area contributed by atoms with E-state index in [1.165, 1.54) is 6.33 Å². The zero-order chi connectivity index (χ0) is 12.8. The van der Waals surface area contributed by atoms with E-state index >= 15 is 0 Å². The van der Waals surface area contributed by atoms with Crippen LogP contribution in [0.5, 0.6) is 0 Å². The molecular weight excluding hydrogens is 220 g/mol. The van der Waals surface area contributed by atoms with E-state index < -0.39 is 5.97 Å². The van der Waals surface area contributed by atoms with E-state index in [-0.39, 0.29) is 6.42 Å². The van der Waals surface area contributed by atoms with Crippen LogP contribution in [0.15, 0.2) is 12.4 Å². The van der Waals surface area contributed by atoms with Crippen LogP contribution in [0.4, 0.5) is 11.6 Å². The Morgan fingerprint density at radius 2 is 2.24 bits per heavy atom. The number of aliphatic carboxylic acids is 1. The van der Waals surface area contributed by atoms with E-state index in [0.29, 0.717) is 18.4 Å². The van der Waals surface area contributed by atoms with Gasteiger partial charge >= 0.3 is 5.97 Å². The monoisotopic (exact) mass is 238 g/mol. The van der Waals surface area contributed by atoms with Crippen molar-refractivity contribution < 1.29 is 9.90 Å². The molecule has 1 heterocycles. The molecule has 0 aliphatic rings. The lowest BCUT2D eigenvalue weighted by molar-refractivity contribution is -0.136. The number of hydrogen-bond acceptors (Lipinski definition) is 5. The quantitative estimate of drug-likeness (QED) is 0.775. The lowest BCUT2D eigenvalue weighted by Crippen LogP contribution is -2.26. The van der Waals surface area contributed by atoms with E-state index in [1.807, 2.05) is 18.0 Å². The van der Waals surface area contributed by atoms with Gasteiger partial charge in [-0.1, -0.05) is 0 Å². The van der Waals surface area contributed by atoms with Gasteiger partial charge in [-0.05, 0) is 13.8 Å². The zero-order valence-electron chi connectivity index (χ0n) is 10.3. The van der Waals surface area contributed by atoms with Gasteiger partial charge < -0.3 is 15.3 Å². The molecule has 6 nitrogen and oxygen atoms in total. The van der Waals surface area contributed by atoms with Gasteiger partial charge in [0, 0.05) is 25.7 Å². The molecule has 0 saturated heterocycles. The number of carboxylic acids is 1. The molecule has 2 N–H and O–H groups in total. The van der Waals surface area contributed by atoms with Gasteiger partial charge in [0.05, 0.1) is 6.42 Å². The van der Waals surface area contributed by atoms with Crippen molar-refractivity contribution in [2.45, 2.75) is 26.3 Å². The van der Waals surface area contributed by atoms with Gasteiger partial charge in [-0.25, -0.2) is 9.97 Å². The van der Waals surface area contributed by atoms with Crippen LogP contribution in [0.2, 0.25) is 0 Å². The van der Waals surface area contributed by atoms with E-state index in [2.05, 4.69) is 29.1 Å². The molecule has 0 radical (unpaired) electrons. The van der Waals surface area contributed by atoms with E-state index in [1.54, 1.807) is 0 Å². The lowest BCUT2D eigenvalue weighted by atomic mass is 10.3. The Morgan fingerprint density at radius 3 is 2.82 bits per heavy atom. The molecule has 94 valence electrons. The molecule has 0 amide bonds. The second-order valence-corrected chi connectivity index (χ2v) is 4.04. The molecule has 0 unspecified atom stereocenters. The van der Waals surface area contributed by atoms with Gasteiger partial charge in [0.15, 0.2) is 0 Å². The van der Waals surface area contributed by atoms with Crippen molar-refractivity contribution in [1.29, 1.82) is 0 Å². The minimum atomic E-state index is -0.828. The minimum Gasteiger partial charge on any atom is -0.481 e. The summed E-state index contributed by atoms with van der Waals surface area (Å²) in [6.07, 6.45) is 1.54. The average molecular weight is 238 g/mol. The Bertz CT molecular complexity index is 381. The number of anilines is 2. The second kappa shape index (κ2) is 6.03.